The third-order valence-corrected chi connectivity index (χ3v) is 4.82. The van der Waals surface area contributed by atoms with Crippen LogP contribution >= 0.6 is 0 Å². The summed E-state index contributed by atoms with van der Waals surface area (Å²) in [7, 11) is 1.04. The van der Waals surface area contributed by atoms with E-state index < -0.39 is 53.7 Å². The number of nitrogens with zero attached hydrogens (tertiary/aromatic N) is 1. The van der Waals surface area contributed by atoms with E-state index in [2.05, 4.69) is 10.1 Å². The highest BCUT2D eigenvalue weighted by Crippen LogP contribution is 2.16. The average Bonchev–Trinajstić information content (AvgIpc) is 2.81. The van der Waals surface area contributed by atoms with Crippen molar-refractivity contribution in [2.24, 2.45) is 0 Å². The Bertz CT molecular complexity index is 924. The van der Waals surface area contributed by atoms with Crippen LogP contribution in [0, 0.1) is 0 Å². The number of imide groups is 1. The van der Waals surface area contributed by atoms with Gasteiger partial charge in [-0.3, -0.25) is 0 Å². The highest BCUT2D eigenvalue weighted by molar-refractivity contribution is 5.87. The lowest BCUT2D eigenvalue weighted by Gasteiger charge is -2.29. The van der Waals surface area contributed by atoms with Crippen molar-refractivity contribution in [3.8, 4) is 0 Å². The molecule has 0 radical (unpaired) electrons. The van der Waals surface area contributed by atoms with Gasteiger partial charge in [0.1, 0.15) is 23.9 Å². The van der Waals surface area contributed by atoms with E-state index in [0.29, 0.717) is 5.56 Å². The van der Waals surface area contributed by atoms with Gasteiger partial charge in [0, 0.05) is 6.54 Å². The fourth-order valence-corrected chi connectivity index (χ4v) is 3.11. The molecule has 12 nitrogen and oxygen atoms in total. The Hall–Kier alpha value is -3.38. The Labute approximate surface area is 223 Å². The number of ether oxygens (including phenoxy) is 4. The van der Waals surface area contributed by atoms with E-state index >= 15 is 0 Å². The van der Waals surface area contributed by atoms with Crippen LogP contribution in [0.5, 0.6) is 0 Å². The summed E-state index contributed by atoms with van der Waals surface area (Å²) in [6, 6.07) is 7.69. The molecule has 0 bridgehead atoms. The first-order valence-corrected chi connectivity index (χ1v) is 12.2. The van der Waals surface area contributed by atoms with E-state index in [1.807, 2.05) is 6.07 Å². The van der Waals surface area contributed by atoms with Gasteiger partial charge in [-0.2, -0.15) is 0 Å². The molecule has 1 aromatic carbocycles. The number of hydrogen-bond acceptors (Lipinski definition) is 10. The van der Waals surface area contributed by atoms with Gasteiger partial charge < -0.3 is 34.5 Å². The molecular formula is C26H40N2O10. The SMILES string of the molecule is COC(=O)[C@@H](O)[C@@H](O)[C@H](CCCN(C(=O)OCc1ccccc1)C(=O)OC(C)(C)C)NC(=O)OC(C)(C)C. The van der Waals surface area contributed by atoms with E-state index in [0.717, 1.165) is 12.0 Å². The fraction of sp³-hybridized carbons (Fsp3) is 0.615. The molecule has 12 heteroatoms. The van der Waals surface area contributed by atoms with Crippen LogP contribution in [0.2, 0.25) is 0 Å². The van der Waals surface area contributed by atoms with Crippen LogP contribution in [0.15, 0.2) is 30.3 Å². The molecule has 0 aliphatic carbocycles. The maximum absolute atomic E-state index is 12.8. The molecule has 214 valence electrons. The number of alkyl carbamates (subject to hydrolysis) is 1. The number of rotatable bonds is 10. The van der Waals surface area contributed by atoms with E-state index in [9.17, 15) is 29.4 Å². The molecule has 0 heterocycles. The number of esters is 1. The number of carbonyl (C=O) groups excluding carboxylic acids is 4. The van der Waals surface area contributed by atoms with E-state index in [-0.39, 0.29) is 26.0 Å². The van der Waals surface area contributed by atoms with Crippen LogP contribution in [-0.2, 0) is 30.3 Å². The predicted molar refractivity (Wildman–Crippen MR) is 136 cm³/mol. The van der Waals surface area contributed by atoms with Gasteiger partial charge in [0.05, 0.1) is 13.2 Å². The second-order valence-corrected chi connectivity index (χ2v) is 10.5. The van der Waals surface area contributed by atoms with Crippen molar-refractivity contribution in [1.82, 2.24) is 10.2 Å². The van der Waals surface area contributed by atoms with E-state index in [4.69, 9.17) is 14.2 Å². The van der Waals surface area contributed by atoms with Gasteiger partial charge in [-0.1, -0.05) is 30.3 Å². The summed E-state index contributed by atoms with van der Waals surface area (Å²) < 4.78 is 20.3. The number of aliphatic hydroxyl groups is 2. The summed E-state index contributed by atoms with van der Waals surface area (Å²) in [5.74, 6) is -1.10. The molecule has 3 amide bonds. The quantitative estimate of drug-likeness (QED) is 0.297. The normalized spacial score (nSPS) is 13.9. The highest BCUT2D eigenvalue weighted by Gasteiger charge is 2.35. The van der Waals surface area contributed by atoms with Crippen molar-refractivity contribution >= 4 is 24.2 Å². The predicted octanol–water partition coefficient (Wildman–Crippen LogP) is 3.13. The minimum absolute atomic E-state index is 0.0328. The number of nitrogens with one attached hydrogen (secondary N) is 1. The minimum atomic E-state index is -1.96. The number of benzene rings is 1. The first-order chi connectivity index (χ1) is 17.5. The second-order valence-electron chi connectivity index (χ2n) is 10.5. The van der Waals surface area contributed by atoms with Gasteiger partial charge in [0.2, 0.25) is 0 Å². The van der Waals surface area contributed by atoms with Gasteiger partial charge >= 0.3 is 24.2 Å². The maximum atomic E-state index is 12.8. The number of hydrogen-bond donors (Lipinski definition) is 3. The average molecular weight is 541 g/mol. The third kappa shape index (κ3) is 12.2. The fourth-order valence-electron chi connectivity index (χ4n) is 3.11. The Morgan fingerprint density at radius 1 is 0.921 bits per heavy atom. The van der Waals surface area contributed by atoms with Crippen LogP contribution in [0.3, 0.4) is 0 Å². The smallest absolute Gasteiger partial charge is 0.419 e. The van der Waals surface area contributed by atoms with Crippen LogP contribution in [-0.4, -0.2) is 82.5 Å². The van der Waals surface area contributed by atoms with Crippen molar-refractivity contribution in [3.63, 3.8) is 0 Å². The zero-order valence-corrected chi connectivity index (χ0v) is 23.1. The maximum Gasteiger partial charge on any atom is 0.419 e. The first-order valence-electron chi connectivity index (χ1n) is 12.2. The number of carbonyl (C=O) groups is 4. The molecule has 0 saturated carbocycles. The summed E-state index contributed by atoms with van der Waals surface area (Å²) >= 11 is 0. The monoisotopic (exact) mass is 540 g/mol. The molecule has 0 spiro atoms. The van der Waals surface area contributed by atoms with Crippen LogP contribution in [0.4, 0.5) is 14.4 Å². The molecule has 0 unspecified atom stereocenters. The molecule has 1 rings (SSSR count). The van der Waals surface area contributed by atoms with Crippen molar-refractivity contribution in [3.05, 3.63) is 35.9 Å². The van der Waals surface area contributed by atoms with Gasteiger partial charge in [-0.25, -0.2) is 24.1 Å². The van der Waals surface area contributed by atoms with Gasteiger partial charge in [-0.05, 0) is 59.9 Å². The lowest BCUT2D eigenvalue weighted by Crippen LogP contribution is -2.52. The first kappa shape index (κ1) is 32.6. The van der Waals surface area contributed by atoms with E-state index in [1.54, 1.807) is 65.8 Å². The summed E-state index contributed by atoms with van der Waals surface area (Å²) in [6.45, 7) is 9.56. The van der Waals surface area contributed by atoms with Crippen molar-refractivity contribution in [1.29, 1.82) is 0 Å². The van der Waals surface area contributed by atoms with Crippen LogP contribution < -0.4 is 5.32 Å². The topological polar surface area (TPSA) is 161 Å². The molecule has 3 atom stereocenters. The summed E-state index contributed by atoms with van der Waals surface area (Å²) in [5, 5.41) is 23.1. The molecule has 1 aromatic rings. The molecule has 0 fully saturated rings. The summed E-state index contributed by atoms with van der Waals surface area (Å²) in [4.78, 5) is 50.4. The molecule has 0 aromatic heterocycles. The Morgan fingerprint density at radius 2 is 1.50 bits per heavy atom. The highest BCUT2D eigenvalue weighted by atomic mass is 16.6. The van der Waals surface area contributed by atoms with Gasteiger partial charge in [0.25, 0.3) is 0 Å². The largest absolute Gasteiger partial charge is 0.467 e. The molecule has 0 aliphatic rings. The lowest BCUT2D eigenvalue weighted by atomic mass is 10.0. The number of aliphatic hydroxyl groups excluding tert-OH is 2. The van der Waals surface area contributed by atoms with E-state index in [1.165, 1.54) is 0 Å². The standard InChI is InChI=1S/C26H40N2O10/c1-25(2,3)37-22(32)27-18(19(29)20(30)21(31)35-7)14-11-15-28(24(34)38-26(4,5)6)23(33)36-16-17-12-9-8-10-13-17/h8-10,12-13,18-20,29-30H,11,14-16H2,1-7H3,(H,27,32)/t18-,19-,20-/m0/s1. The minimum Gasteiger partial charge on any atom is -0.467 e. The van der Waals surface area contributed by atoms with Crippen LogP contribution in [0.25, 0.3) is 0 Å². The Kier molecular flexibility index (Phi) is 12.5. The Balaban J connectivity index is 2.99. The number of methoxy groups -OCH3 is 1. The summed E-state index contributed by atoms with van der Waals surface area (Å²) in [5.41, 5.74) is -1.03. The van der Waals surface area contributed by atoms with Crippen LogP contribution in [0.1, 0.15) is 59.9 Å². The second kappa shape index (κ2) is 14.5. The number of amides is 3. The Morgan fingerprint density at radius 3 is 2.03 bits per heavy atom. The molecule has 38 heavy (non-hydrogen) atoms. The van der Waals surface area contributed by atoms with Gasteiger partial charge in [-0.15, -0.1) is 0 Å². The van der Waals surface area contributed by atoms with Crippen molar-refractivity contribution in [2.75, 3.05) is 13.7 Å². The molecule has 3 N–H and O–H groups in total. The molecule has 0 aliphatic heterocycles. The summed E-state index contributed by atoms with van der Waals surface area (Å²) in [6.07, 6.45) is -6.56. The molecule has 0 saturated heterocycles. The zero-order valence-electron chi connectivity index (χ0n) is 23.1. The third-order valence-electron chi connectivity index (χ3n) is 4.82. The molecular weight excluding hydrogens is 500 g/mol. The van der Waals surface area contributed by atoms with Gasteiger partial charge in [0.15, 0.2) is 6.10 Å². The van der Waals surface area contributed by atoms with Crippen molar-refractivity contribution in [2.45, 2.75) is 90.4 Å². The zero-order chi connectivity index (χ0) is 29.1. The van der Waals surface area contributed by atoms with Crippen molar-refractivity contribution < 1.29 is 48.3 Å². The lowest BCUT2D eigenvalue weighted by molar-refractivity contribution is -0.157.